The van der Waals surface area contributed by atoms with Crippen molar-refractivity contribution >= 4 is 6.09 Å². The second kappa shape index (κ2) is 5.05. The maximum absolute atomic E-state index is 11.5. The Labute approximate surface area is 100 Å². The van der Waals surface area contributed by atoms with Gasteiger partial charge in [0.15, 0.2) is 0 Å². The molecule has 1 aliphatic heterocycles. The van der Waals surface area contributed by atoms with E-state index in [1.165, 1.54) is 0 Å². The summed E-state index contributed by atoms with van der Waals surface area (Å²) in [4.78, 5) is 13.1. The van der Waals surface area contributed by atoms with E-state index in [1.54, 1.807) is 12.0 Å². The summed E-state index contributed by atoms with van der Waals surface area (Å²) in [5, 5.41) is 0. The minimum Gasteiger partial charge on any atom is -0.497 e. The highest BCUT2D eigenvalue weighted by atomic mass is 16.6. The molecule has 17 heavy (non-hydrogen) atoms. The molecule has 2 N–H and O–H groups in total. The molecule has 1 aromatic carbocycles. The first-order valence-corrected chi connectivity index (χ1v) is 5.54. The van der Waals surface area contributed by atoms with Crippen molar-refractivity contribution in [2.75, 3.05) is 26.7 Å². The molecule has 5 heteroatoms. The van der Waals surface area contributed by atoms with Crippen LogP contribution in [0.5, 0.6) is 5.75 Å². The van der Waals surface area contributed by atoms with Crippen molar-refractivity contribution in [2.45, 2.75) is 6.10 Å². The Balaban J connectivity index is 2.06. The summed E-state index contributed by atoms with van der Waals surface area (Å²) in [7, 11) is 1.62. The van der Waals surface area contributed by atoms with Gasteiger partial charge in [0.1, 0.15) is 11.9 Å². The van der Waals surface area contributed by atoms with Crippen LogP contribution in [-0.2, 0) is 4.74 Å². The Morgan fingerprint density at radius 1 is 1.47 bits per heavy atom. The number of amides is 1. The molecule has 1 amide bonds. The van der Waals surface area contributed by atoms with Crippen molar-refractivity contribution in [2.24, 2.45) is 5.73 Å². The van der Waals surface area contributed by atoms with Gasteiger partial charge in [-0.05, 0) is 17.7 Å². The van der Waals surface area contributed by atoms with Gasteiger partial charge in [-0.25, -0.2) is 4.79 Å². The predicted octanol–water partition coefficient (Wildman–Crippen LogP) is 1.15. The van der Waals surface area contributed by atoms with Crippen LogP contribution < -0.4 is 10.5 Å². The van der Waals surface area contributed by atoms with Gasteiger partial charge in [0.05, 0.1) is 13.7 Å². The Hall–Kier alpha value is -1.75. The van der Waals surface area contributed by atoms with Crippen LogP contribution >= 0.6 is 0 Å². The average molecular weight is 236 g/mol. The fourth-order valence-corrected chi connectivity index (χ4v) is 1.84. The van der Waals surface area contributed by atoms with Crippen LogP contribution in [0, 0.1) is 0 Å². The predicted molar refractivity (Wildman–Crippen MR) is 62.8 cm³/mol. The Kier molecular flexibility index (Phi) is 3.49. The Morgan fingerprint density at radius 2 is 2.18 bits per heavy atom. The highest BCUT2D eigenvalue weighted by molar-refractivity contribution is 5.70. The van der Waals surface area contributed by atoms with E-state index in [2.05, 4.69) is 0 Å². The van der Waals surface area contributed by atoms with Crippen molar-refractivity contribution in [1.29, 1.82) is 0 Å². The van der Waals surface area contributed by atoms with Gasteiger partial charge in [-0.3, -0.25) is 0 Å². The minimum absolute atomic E-state index is 0.208. The molecule has 1 fully saturated rings. The maximum atomic E-state index is 11.5. The van der Waals surface area contributed by atoms with Crippen LogP contribution in [0.2, 0.25) is 0 Å². The smallest absolute Gasteiger partial charge is 0.410 e. The van der Waals surface area contributed by atoms with Gasteiger partial charge in [0.2, 0.25) is 0 Å². The second-order valence-corrected chi connectivity index (χ2v) is 3.88. The highest BCUT2D eigenvalue weighted by Crippen LogP contribution is 2.26. The fraction of sp³-hybridized carbons (Fsp3) is 0.417. The number of methoxy groups -OCH3 is 1. The molecule has 5 nitrogen and oxygen atoms in total. The fourth-order valence-electron chi connectivity index (χ4n) is 1.84. The maximum Gasteiger partial charge on any atom is 0.410 e. The lowest BCUT2D eigenvalue weighted by molar-refractivity contribution is 0.133. The molecule has 0 saturated carbocycles. The van der Waals surface area contributed by atoms with Gasteiger partial charge in [-0.2, -0.15) is 0 Å². The number of hydrogen-bond acceptors (Lipinski definition) is 4. The lowest BCUT2D eigenvalue weighted by Gasteiger charge is -2.11. The Bertz CT molecular complexity index is 391. The van der Waals surface area contributed by atoms with Gasteiger partial charge in [-0.1, -0.05) is 12.1 Å². The topological polar surface area (TPSA) is 64.8 Å². The summed E-state index contributed by atoms with van der Waals surface area (Å²) in [6.45, 7) is 1.54. The van der Waals surface area contributed by atoms with Crippen molar-refractivity contribution in [3.05, 3.63) is 29.8 Å². The van der Waals surface area contributed by atoms with E-state index in [0.29, 0.717) is 19.6 Å². The summed E-state index contributed by atoms with van der Waals surface area (Å²) < 4.78 is 10.4. The van der Waals surface area contributed by atoms with Crippen LogP contribution in [0.3, 0.4) is 0 Å². The SMILES string of the molecule is COc1ccc(C2CN(CCN)C(=O)O2)cc1. The third-order valence-electron chi connectivity index (χ3n) is 2.77. The van der Waals surface area contributed by atoms with Gasteiger partial charge >= 0.3 is 6.09 Å². The van der Waals surface area contributed by atoms with Crippen molar-refractivity contribution < 1.29 is 14.3 Å². The lowest BCUT2D eigenvalue weighted by Crippen LogP contribution is -2.30. The zero-order valence-corrected chi connectivity index (χ0v) is 9.76. The molecule has 0 spiro atoms. The zero-order chi connectivity index (χ0) is 12.3. The molecule has 0 bridgehead atoms. The van der Waals surface area contributed by atoms with E-state index >= 15 is 0 Å². The molecule has 1 saturated heterocycles. The van der Waals surface area contributed by atoms with Crippen molar-refractivity contribution in [3.8, 4) is 5.75 Å². The van der Waals surface area contributed by atoms with Gasteiger partial charge in [-0.15, -0.1) is 0 Å². The van der Waals surface area contributed by atoms with Crippen LogP contribution in [0.1, 0.15) is 11.7 Å². The van der Waals surface area contributed by atoms with E-state index < -0.39 is 0 Å². The summed E-state index contributed by atoms with van der Waals surface area (Å²) >= 11 is 0. The van der Waals surface area contributed by atoms with Crippen molar-refractivity contribution in [1.82, 2.24) is 4.90 Å². The summed E-state index contributed by atoms with van der Waals surface area (Å²) in [5.41, 5.74) is 6.40. The number of ether oxygens (including phenoxy) is 2. The van der Waals surface area contributed by atoms with Crippen molar-refractivity contribution in [3.63, 3.8) is 0 Å². The van der Waals surface area contributed by atoms with Gasteiger partial charge in [0, 0.05) is 13.1 Å². The molecule has 1 unspecified atom stereocenters. The molecular formula is C12H16N2O3. The summed E-state index contributed by atoms with van der Waals surface area (Å²) in [6, 6.07) is 7.52. The molecule has 0 radical (unpaired) electrons. The Morgan fingerprint density at radius 3 is 2.76 bits per heavy atom. The van der Waals surface area contributed by atoms with Crippen LogP contribution in [0.4, 0.5) is 4.79 Å². The molecule has 92 valence electrons. The molecule has 1 aliphatic rings. The molecule has 0 aromatic heterocycles. The number of benzene rings is 1. The molecule has 2 rings (SSSR count). The normalized spacial score (nSPS) is 19.3. The van der Waals surface area contributed by atoms with E-state index in [4.69, 9.17) is 15.2 Å². The summed E-state index contributed by atoms with van der Waals surface area (Å²) in [5.74, 6) is 0.789. The molecule has 1 atom stereocenters. The van der Waals surface area contributed by atoms with Gasteiger partial charge in [0.25, 0.3) is 0 Å². The zero-order valence-electron chi connectivity index (χ0n) is 9.76. The number of nitrogens with zero attached hydrogens (tertiary/aromatic N) is 1. The first-order valence-electron chi connectivity index (χ1n) is 5.54. The van der Waals surface area contributed by atoms with Gasteiger partial charge < -0.3 is 20.1 Å². The highest BCUT2D eigenvalue weighted by Gasteiger charge is 2.31. The van der Waals surface area contributed by atoms with E-state index in [-0.39, 0.29) is 12.2 Å². The standard InChI is InChI=1S/C12H16N2O3/c1-16-10-4-2-9(3-5-10)11-8-14(7-6-13)12(15)17-11/h2-5,11H,6-8,13H2,1H3. The van der Waals surface area contributed by atoms with E-state index in [1.807, 2.05) is 24.3 Å². The molecule has 1 heterocycles. The quantitative estimate of drug-likeness (QED) is 0.851. The first-order chi connectivity index (χ1) is 8.24. The summed E-state index contributed by atoms with van der Waals surface area (Å²) in [6.07, 6.45) is -0.503. The van der Waals surface area contributed by atoms with E-state index in [9.17, 15) is 4.79 Å². The lowest BCUT2D eigenvalue weighted by atomic mass is 10.1. The number of nitrogens with two attached hydrogens (primary N) is 1. The number of hydrogen-bond donors (Lipinski definition) is 1. The minimum atomic E-state index is -0.295. The molecule has 1 aromatic rings. The third-order valence-corrected chi connectivity index (χ3v) is 2.77. The van der Waals surface area contributed by atoms with Crippen LogP contribution in [-0.4, -0.2) is 37.7 Å². The number of carbonyl (C=O) groups is 1. The second-order valence-electron chi connectivity index (χ2n) is 3.88. The molecular weight excluding hydrogens is 220 g/mol. The van der Waals surface area contributed by atoms with Crippen LogP contribution in [0.15, 0.2) is 24.3 Å². The monoisotopic (exact) mass is 236 g/mol. The number of carbonyl (C=O) groups excluding carboxylic acids is 1. The average Bonchev–Trinajstić information content (AvgIpc) is 2.72. The third kappa shape index (κ3) is 2.50. The van der Waals surface area contributed by atoms with E-state index in [0.717, 1.165) is 11.3 Å². The van der Waals surface area contributed by atoms with Crippen LogP contribution in [0.25, 0.3) is 0 Å². The first kappa shape index (κ1) is 11.7. The molecule has 0 aliphatic carbocycles. The largest absolute Gasteiger partial charge is 0.497 e. The number of rotatable bonds is 4. The number of cyclic esters (lactones) is 1.